The Bertz CT molecular complexity index is 2310. The van der Waals surface area contributed by atoms with E-state index in [1.165, 1.54) is 166 Å². The van der Waals surface area contributed by atoms with Gasteiger partial charge in [0.2, 0.25) is 0 Å². The second-order valence-corrected chi connectivity index (χ2v) is 26.6. The molecule has 0 saturated carbocycles. The van der Waals surface area contributed by atoms with Crippen LogP contribution in [-0.4, -0.2) is 13.2 Å². The van der Waals surface area contributed by atoms with Gasteiger partial charge >= 0.3 is 7.60 Å². The van der Waals surface area contributed by atoms with Crippen LogP contribution in [-0.2, 0) is 39.3 Å². The lowest BCUT2D eigenvalue weighted by atomic mass is 10.1. The van der Waals surface area contributed by atoms with Gasteiger partial charge in [-0.2, -0.15) is 0 Å². The highest BCUT2D eigenvalue weighted by Crippen LogP contribution is 2.53. The van der Waals surface area contributed by atoms with Gasteiger partial charge < -0.3 is 9.05 Å². The Labute approximate surface area is 412 Å². The Balaban J connectivity index is 1.30. The predicted octanol–water partition coefficient (Wildman–Crippen LogP) is 20.5. The summed E-state index contributed by atoms with van der Waals surface area (Å²) in [5.41, 5.74) is 5.55. The molecule has 0 aliphatic heterocycles. The number of rotatable bonds is 30. The van der Waals surface area contributed by atoms with Crippen LogP contribution in [0.5, 0.6) is 0 Å². The normalized spacial score (nSPS) is 12.0. The second-order valence-electron chi connectivity index (χ2n) is 16.7. The first-order valence-electron chi connectivity index (χ1n) is 24.0. The summed E-state index contributed by atoms with van der Waals surface area (Å²) < 4.78 is 28.3. The van der Waals surface area contributed by atoms with Crippen molar-refractivity contribution in [1.82, 2.24) is 0 Å². The first kappa shape index (κ1) is 51.2. The minimum Gasteiger partial charge on any atom is -0.305 e. The quantitative estimate of drug-likeness (QED) is 0.0333. The zero-order chi connectivity index (χ0) is 44.6. The molecule has 0 bridgehead atoms. The fourth-order valence-corrected chi connectivity index (χ4v) is 18.4. The lowest BCUT2D eigenvalue weighted by Gasteiger charge is -2.17. The van der Waals surface area contributed by atoms with E-state index in [9.17, 15) is 4.57 Å². The molecule has 0 N–H and O–H groups in total. The fraction of sp³-hybridized carbons (Fsp3) is 0.538. The summed E-state index contributed by atoms with van der Waals surface area (Å²) in [6.45, 7) is 13.7. The van der Waals surface area contributed by atoms with Gasteiger partial charge in [0, 0.05) is 48.8 Å². The SMILES string of the molecule is CCCCCCc1cc(-c2cc(CCCCCC)c(-c3ccc(-c4ccc(-c5sc(-c6cc(CCCCCC)c(P(=O)(OCC)OCC)s6)cc5CCCCCC)s4)s3)s2)sc1Br. The van der Waals surface area contributed by atoms with Crippen LogP contribution in [0.25, 0.3) is 48.8 Å². The number of hydrogen-bond acceptors (Lipinski definition) is 9. The topological polar surface area (TPSA) is 35.5 Å². The lowest BCUT2D eigenvalue weighted by molar-refractivity contribution is 0.230. The van der Waals surface area contributed by atoms with Crippen molar-refractivity contribution in [1.29, 1.82) is 0 Å². The van der Waals surface area contributed by atoms with Crippen LogP contribution < -0.4 is 4.62 Å². The number of thiophene rings is 6. The van der Waals surface area contributed by atoms with Crippen LogP contribution in [0.4, 0.5) is 0 Å². The van der Waals surface area contributed by atoms with Crippen LogP contribution >= 0.6 is 91.5 Å². The minimum absolute atomic E-state index is 0.360. The largest absolute Gasteiger partial charge is 0.371 e. The van der Waals surface area contributed by atoms with Gasteiger partial charge in [0.1, 0.15) is 4.62 Å². The molecular weight excluding hydrogens is 976 g/mol. The van der Waals surface area contributed by atoms with Gasteiger partial charge in [-0.15, -0.1) is 68.0 Å². The second kappa shape index (κ2) is 26.4. The van der Waals surface area contributed by atoms with E-state index in [2.05, 4.69) is 92.2 Å². The van der Waals surface area contributed by atoms with Crippen LogP contribution in [0.3, 0.4) is 0 Å². The molecule has 6 aromatic heterocycles. The lowest BCUT2D eigenvalue weighted by Crippen LogP contribution is -2.11. The van der Waals surface area contributed by atoms with Crippen molar-refractivity contribution in [2.45, 2.75) is 170 Å². The van der Waals surface area contributed by atoms with Crippen molar-refractivity contribution in [3.63, 3.8) is 0 Å². The monoisotopic (exact) mass is 1040 g/mol. The van der Waals surface area contributed by atoms with Crippen molar-refractivity contribution in [2.24, 2.45) is 0 Å². The van der Waals surface area contributed by atoms with E-state index < -0.39 is 7.60 Å². The van der Waals surface area contributed by atoms with E-state index in [1.54, 1.807) is 11.3 Å². The third kappa shape index (κ3) is 14.0. The van der Waals surface area contributed by atoms with E-state index in [0.717, 1.165) is 42.3 Å². The van der Waals surface area contributed by atoms with E-state index in [0.29, 0.717) is 13.2 Å². The Hall–Kier alpha value is -1.17. The third-order valence-electron chi connectivity index (χ3n) is 11.6. The summed E-state index contributed by atoms with van der Waals surface area (Å²) in [5.74, 6) is 0. The van der Waals surface area contributed by atoms with Crippen LogP contribution in [0.2, 0.25) is 0 Å². The molecular formula is C52H70BrO3PS6. The highest BCUT2D eigenvalue weighted by molar-refractivity contribution is 9.11. The average molecular weight is 1050 g/mol. The molecule has 0 radical (unpaired) electrons. The zero-order valence-corrected chi connectivity index (χ0v) is 46.1. The van der Waals surface area contributed by atoms with Gasteiger partial charge in [0.25, 0.3) is 0 Å². The van der Waals surface area contributed by atoms with Gasteiger partial charge in [-0.05, 0) is 152 Å². The van der Waals surface area contributed by atoms with Crippen molar-refractivity contribution in [2.75, 3.05) is 13.2 Å². The smallest absolute Gasteiger partial charge is 0.305 e. The molecule has 0 unspecified atom stereocenters. The molecule has 0 saturated heterocycles. The zero-order valence-electron chi connectivity index (χ0n) is 38.7. The summed E-state index contributed by atoms with van der Waals surface area (Å²) in [4.78, 5) is 13.5. The molecule has 0 aliphatic carbocycles. The maximum Gasteiger partial charge on any atom is 0.371 e. The van der Waals surface area contributed by atoms with Gasteiger partial charge in [-0.1, -0.05) is 105 Å². The van der Waals surface area contributed by atoms with Crippen molar-refractivity contribution >= 4 is 96.2 Å². The molecule has 6 rings (SSSR count). The first-order valence-corrected chi connectivity index (χ1v) is 31.3. The molecule has 0 aliphatic rings. The van der Waals surface area contributed by atoms with Crippen molar-refractivity contribution < 1.29 is 13.6 Å². The molecule has 0 aromatic carbocycles. The standard InChI is InChI=1S/C52H70BrO3PS6/c1-7-13-17-21-25-37-33-45(47-35-39(51(53)62-47)27-23-19-15-9-3)60-49(37)43-31-29-41(58-43)42-30-32-44(59-42)50-38(26-22-18-14-8-2)34-46(61-50)48-36-40(28-24-20-16-10-4)52(63-48)57(54,55-11-5)56-12-6/h29-36H,7-28H2,1-6H3. The van der Waals surface area contributed by atoms with Crippen LogP contribution in [0.1, 0.15) is 167 Å². The van der Waals surface area contributed by atoms with E-state index in [4.69, 9.17) is 9.05 Å². The molecule has 0 spiro atoms. The van der Waals surface area contributed by atoms with Crippen LogP contribution in [0.15, 0.2) is 52.3 Å². The number of halogens is 1. The molecule has 0 fully saturated rings. The van der Waals surface area contributed by atoms with Gasteiger partial charge in [-0.3, -0.25) is 4.57 Å². The Morgan fingerprint density at radius 3 is 1.22 bits per heavy atom. The maximum absolute atomic E-state index is 14.3. The van der Waals surface area contributed by atoms with Crippen molar-refractivity contribution in [3.8, 4) is 48.8 Å². The number of aryl methyl sites for hydroxylation is 4. The van der Waals surface area contributed by atoms with Gasteiger partial charge in [0.05, 0.1) is 17.0 Å². The van der Waals surface area contributed by atoms with E-state index in [1.807, 2.05) is 70.5 Å². The van der Waals surface area contributed by atoms with E-state index >= 15 is 0 Å². The minimum atomic E-state index is -3.41. The fourth-order valence-electron chi connectivity index (χ4n) is 8.19. The number of hydrogen-bond donors (Lipinski definition) is 0. The molecule has 63 heavy (non-hydrogen) atoms. The Morgan fingerprint density at radius 2 is 0.778 bits per heavy atom. The summed E-state index contributed by atoms with van der Waals surface area (Å²) in [6, 6.07) is 19.2. The van der Waals surface area contributed by atoms with E-state index in [-0.39, 0.29) is 0 Å². The highest BCUT2D eigenvalue weighted by atomic mass is 79.9. The molecule has 344 valence electrons. The summed E-state index contributed by atoms with van der Waals surface area (Å²) in [7, 11) is -3.41. The Morgan fingerprint density at radius 1 is 0.413 bits per heavy atom. The molecule has 3 nitrogen and oxygen atoms in total. The first-order chi connectivity index (χ1) is 30.7. The summed E-state index contributed by atoms with van der Waals surface area (Å²) >= 11 is 15.3. The molecule has 6 heterocycles. The molecule has 0 atom stereocenters. The average Bonchev–Trinajstić information content (AvgIpc) is 4.14. The molecule has 11 heteroatoms. The van der Waals surface area contributed by atoms with Crippen molar-refractivity contribution in [3.05, 3.63) is 74.6 Å². The third-order valence-corrected chi connectivity index (χ3v) is 22.9. The highest BCUT2D eigenvalue weighted by Gasteiger charge is 2.33. The van der Waals surface area contributed by atoms with Gasteiger partial charge in [-0.25, -0.2) is 0 Å². The summed E-state index contributed by atoms with van der Waals surface area (Å²) in [6.07, 6.45) is 24.2. The Kier molecular flexibility index (Phi) is 21.5. The van der Waals surface area contributed by atoms with Crippen LogP contribution in [0, 0.1) is 0 Å². The molecule has 0 amide bonds. The predicted molar refractivity (Wildman–Crippen MR) is 290 cm³/mol. The maximum atomic E-state index is 14.3. The number of unbranched alkanes of at least 4 members (excludes halogenated alkanes) is 12. The molecule has 6 aromatic rings. The summed E-state index contributed by atoms with van der Waals surface area (Å²) in [5, 5.41) is 0. The van der Waals surface area contributed by atoms with Gasteiger partial charge in [0.15, 0.2) is 0 Å².